The highest BCUT2D eigenvalue weighted by atomic mass is 16.7. The molecule has 1 atom stereocenters. The van der Waals surface area contributed by atoms with Gasteiger partial charge in [0.25, 0.3) is 0 Å². The molecule has 1 heterocycles. The number of ether oxygens (including phenoxy) is 2. The van der Waals surface area contributed by atoms with Gasteiger partial charge in [0.05, 0.1) is 12.2 Å². The van der Waals surface area contributed by atoms with E-state index in [1.54, 1.807) is 0 Å². The van der Waals surface area contributed by atoms with Crippen molar-refractivity contribution in [3.8, 4) is 0 Å². The molecule has 0 saturated heterocycles. The molecule has 0 spiro atoms. The molecule has 132 valence electrons. The molecule has 6 nitrogen and oxygen atoms in total. The van der Waals surface area contributed by atoms with Crippen molar-refractivity contribution < 1.29 is 9.47 Å². The van der Waals surface area contributed by atoms with Crippen molar-refractivity contribution >= 4 is 11.6 Å². The molecule has 2 aliphatic rings. The van der Waals surface area contributed by atoms with E-state index >= 15 is 0 Å². The van der Waals surface area contributed by atoms with Crippen LogP contribution in [0.4, 0.5) is 5.69 Å². The van der Waals surface area contributed by atoms with Crippen LogP contribution in [0, 0.1) is 0 Å². The first-order valence-electron chi connectivity index (χ1n) is 8.92. The Kier molecular flexibility index (Phi) is 5.58. The van der Waals surface area contributed by atoms with Crippen LogP contribution in [0.15, 0.2) is 23.2 Å². The molecular weight excluding hydrogens is 304 g/mol. The SMILES string of the molecule is CCOC(CN=C(N)NN1CC2CCCc3cccc1c32)OCC. The number of aliphatic imine (C=N–C) groups is 1. The summed E-state index contributed by atoms with van der Waals surface area (Å²) in [5.41, 5.74) is 13.5. The Morgan fingerprint density at radius 1 is 1.38 bits per heavy atom. The lowest BCUT2D eigenvalue weighted by atomic mass is 9.84. The Morgan fingerprint density at radius 2 is 2.17 bits per heavy atom. The summed E-state index contributed by atoms with van der Waals surface area (Å²) in [5, 5.41) is 2.13. The number of benzene rings is 1. The summed E-state index contributed by atoms with van der Waals surface area (Å²) in [7, 11) is 0. The van der Waals surface area contributed by atoms with E-state index < -0.39 is 0 Å². The molecule has 24 heavy (non-hydrogen) atoms. The van der Waals surface area contributed by atoms with Gasteiger partial charge < -0.3 is 15.2 Å². The number of nitrogens with zero attached hydrogens (tertiary/aromatic N) is 2. The van der Waals surface area contributed by atoms with Crippen molar-refractivity contribution in [2.75, 3.05) is 31.3 Å². The maximum absolute atomic E-state index is 6.08. The second kappa shape index (κ2) is 7.85. The molecule has 1 aromatic rings. The van der Waals surface area contributed by atoms with Gasteiger partial charge in [-0.2, -0.15) is 0 Å². The number of hydrogen-bond acceptors (Lipinski definition) is 4. The van der Waals surface area contributed by atoms with E-state index in [1.165, 1.54) is 36.1 Å². The first-order valence-corrected chi connectivity index (χ1v) is 8.92. The zero-order chi connectivity index (χ0) is 16.9. The Labute approximate surface area is 144 Å². The average molecular weight is 332 g/mol. The molecule has 0 amide bonds. The number of guanidine groups is 1. The molecule has 3 N–H and O–H groups in total. The molecule has 1 aliphatic heterocycles. The highest BCUT2D eigenvalue weighted by Crippen LogP contribution is 2.43. The van der Waals surface area contributed by atoms with Gasteiger partial charge in [-0.3, -0.25) is 10.4 Å². The van der Waals surface area contributed by atoms with Crippen molar-refractivity contribution in [1.82, 2.24) is 5.43 Å². The van der Waals surface area contributed by atoms with Crippen LogP contribution in [-0.2, 0) is 15.9 Å². The normalized spacial score (nSPS) is 19.7. The van der Waals surface area contributed by atoms with Gasteiger partial charge in [-0.25, -0.2) is 4.99 Å². The minimum atomic E-state index is -0.340. The summed E-state index contributed by atoms with van der Waals surface area (Å²) >= 11 is 0. The number of nitrogens with two attached hydrogens (primary N) is 1. The van der Waals surface area contributed by atoms with Crippen LogP contribution in [0.3, 0.4) is 0 Å². The maximum atomic E-state index is 6.08. The second-order valence-corrected chi connectivity index (χ2v) is 6.23. The lowest BCUT2D eigenvalue weighted by Crippen LogP contribution is -2.46. The van der Waals surface area contributed by atoms with E-state index in [9.17, 15) is 0 Å². The third kappa shape index (κ3) is 3.65. The second-order valence-electron chi connectivity index (χ2n) is 6.23. The van der Waals surface area contributed by atoms with Crippen LogP contribution in [0.5, 0.6) is 0 Å². The van der Waals surface area contributed by atoms with Crippen molar-refractivity contribution in [3.05, 3.63) is 29.3 Å². The molecule has 1 aliphatic carbocycles. The van der Waals surface area contributed by atoms with Gasteiger partial charge in [0.2, 0.25) is 5.96 Å². The van der Waals surface area contributed by atoms with Crippen molar-refractivity contribution in [2.45, 2.75) is 45.3 Å². The van der Waals surface area contributed by atoms with E-state index in [0.29, 0.717) is 31.6 Å². The summed E-state index contributed by atoms with van der Waals surface area (Å²) in [6.45, 7) is 6.41. The quantitative estimate of drug-likeness (QED) is 0.455. The Bertz CT molecular complexity index is 584. The average Bonchev–Trinajstić information content (AvgIpc) is 2.93. The van der Waals surface area contributed by atoms with Crippen molar-refractivity contribution in [3.63, 3.8) is 0 Å². The van der Waals surface area contributed by atoms with Crippen LogP contribution in [0.2, 0.25) is 0 Å². The van der Waals surface area contributed by atoms with E-state index in [0.717, 1.165) is 6.54 Å². The summed E-state index contributed by atoms with van der Waals surface area (Å²) in [5.74, 6) is 1.00. The molecule has 6 heteroatoms. The van der Waals surface area contributed by atoms with E-state index in [1.807, 2.05) is 13.8 Å². The molecule has 0 fully saturated rings. The standard InChI is InChI=1S/C18H28N4O2/c1-3-23-16(24-4-2)11-20-18(19)21-22-12-14-9-5-7-13-8-6-10-15(22)17(13)14/h6,8,10,14,16H,3-5,7,9,11-12H2,1-2H3,(H3,19,20,21). The first-order chi connectivity index (χ1) is 11.7. The van der Waals surface area contributed by atoms with Gasteiger partial charge in [0.15, 0.2) is 6.29 Å². The predicted octanol–water partition coefficient (Wildman–Crippen LogP) is 2.14. The van der Waals surface area contributed by atoms with Gasteiger partial charge in [-0.1, -0.05) is 12.1 Å². The topological polar surface area (TPSA) is 72.1 Å². The van der Waals surface area contributed by atoms with Crippen LogP contribution >= 0.6 is 0 Å². The van der Waals surface area contributed by atoms with Crippen LogP contribution in [-0.4, -0.2) is 38.6 Å². The molecule has 0 aromatic heterocycles. The molecular formula is C18H28N4O2. The fraction of sp³-hybridized carbons (Fsp3) is 0.611. The van der Waals surface area contributed by atoms with Gasteiger partial charge in [-0.05, 0) is 50.3 Å². The highest BCUT2D eigenvalue weighted by molar-refractivity contribution is 5.81. The third-order valence-electron chi connectivity index (χ3n) is 4.64. The van der Waals surface area contributed by atoms with Crippen molar-refractivity contribution in [2.24, 2.45) is 10.7 Å². The van der Waals surface area contributed by atoms with E-state index in [2.05, 4.69) is 33.6 Å². The summed E-state index contributed by atoms with van der Waals surface area (Å²) in [4.78, 5) is 4.38. The lowest BCUT2D eigenvalue weighted by molar-refractivity contribution is -0.128. The molecule has 0 saturated carbocycles. The minimum absolute atomic E-state index is 0.340. The van der Waals surface area contributed by atoms with Crippen LogP contribution in [0.1, 0.15) is 43.7 Å². The number of aryl methyl sites for hydroxylation is 1. The zero-order valence-electron chi connectivity index (χ0n) is 14.6. The van der Waals surface area contributed by atoms with Crippen LogP contribution < -0.4 is 16.2 Å². The molecule has 0 bridgehead atoms. The largest absolute Gasteiger partial charge is 0.369 e. The predicted molar refractivity (Wildman–Crippen MR) is 96.1 cm³/mol. The number of anilines is 1. The number of hydrogen-bond donors (Lipinski definition) is 2. The lowest BCUT2D eigenvalue weighted by Gasteiger charge is -2.22. The minimum Gasteiger partial charge on any atom is -0.369 e. The third-order valence-corrected chi connectivity index (χ3v) is 4.64. The highest BCUT2D eigenvalue weighted by Gasteiger charge is 2.33. The van der Waals surface area contributed by atoms with Gasteiger partial charge in [0.1, 0.15) is 0 Å². The number of nitrogens with one attached hydrogen (secondary N) is 1. The Hall–Kier alpha value is -1.79. The Balaban J connectivity index is 1.65. The van der Waals surface area contributed by atoms with Crippen LogP contribution in [0.25, 0.3) is 0 Å². The molecule has 3 rings (SSSR count). The monoisotopic (exact) mass is 332 g/mol. The van der Waals surface area contributed by atoms with Gasteiger partial charge >= 0.3 is 0 Å². The fourth-order valence-corrected chi connectivity index (χ4v) is 3.69. The maximum Gasteiger partial charge on any atom is 0.208 e. The summed E-state index contributed by atoms with van der Waals surface area (Å²) in [6, 6.07) is 6.54. The zero-order valence-corrected chi connectivity index (χ0v) is 14.6. The Morgan fingerprint density at radius 3 is 2.92 bits per heavy atom. The van der Waals surface area contributed by atoms with Crippen molar-refractivity contribution in [1.29, 1.82) is 0 Å². The smallest absolute Gasteiger partial charge is 0.208 e. The first kappa shape index (κ1) is 17.0. The van der Waals surface area contributed by atoms with E-state index in [-0.39, 0.29) is 6.29 Å². The van der Waals surface area contributed by atoms with E-state index in [4.69, 9.17) is 15.2 Å². The number of hydrazine groups is 1. The van der Waals surface area contributed by atoms with Gasteiger partial charge in [-0.15, -0.1) is 0 Å². The fourth-order valence-electron chi connectivity index (χ4n) is 3.69. The number of rotatable bonds is 7. The summed E-state index contributed by atoms with van der Waals surface area (Å²) < 4.78 is 11.0. The van der Waals surface area contributed by atoms with Gasteiger partial charge in [0, 0.05) is 25.7 Å². The summed E-state index contributed by atoms with van der Waals surface area (Å²) in [6.07, 6.45) is 3.35. The molecule has 1 aromatic carbocycles. The molecule has 1 unspecified atom stereocenters. The molecule has 0 radical (unpaired) electrons.